The number of amides is 2. The highest BCUT2D eigenvalue weighted by Gasteiger charge is 2.44. The fourth-order valence-corrected chi connectivity index (χ4v) is 3.44. The van der Waals surface area contributed by atoms with E-state index in [2.05, 4.69) is 0 Å². The molecule has 1 saturated heterocycles. The van der Waals surface area contributed by atoms with Crippen molar-refractivity contribution >= 4 is 12.0 Å². The van der Waals surface area contributed by atoms with E-state index in [0.29, 0.717) is 0 Å². The SMILES string of the molecule is C[C@@H](c1ccc(O)cc1)[C@@H](C(=O)N1CC[C@H](F)C1)N(C(=O)O)C(C)(C)C. The van der Waals surface area contributed by atoms with Gasteiger partial charge < -0.3 is 15.1 Å². The molecule has 1 fully saturated rings. The van der Waals surface area contributed by atoms with Crippen LogP contribution in [0, 0.1) is 0 Å². The molecular weight excluding hydrogens is 339 g/mol. The van der Waals surface area contributed by atoms with E-state index in [0.717, 1.165) is 10.5 Å². The Kier molecular flexibility index (Phi) is 5.78. The Morgan fingerprint density at radius 3 is 2.27 bits per heavy atom. The van der Waals surface area contributed by atoms with Gasteiger partial charge in [0.1, 0.15) is 18.0 Å². The quantitative estimate of drug-likeness (QED) is 0.857. The number of rotatable bonds is 4. The molecule has 0 aromatic heterocycles. The first kappa shape index (κ1) is 20.0. The molecule has 0 bridgehead atoms. The summed E-state index contributed by atoms with van der Waals surface area (Å²) in [5.41, 5.74) is -0.0840. The Balaban J connectivity index is 2.44. The summed E-state index contributed by atoms with van der Waals surface area (Å²) >= 11 is 0. The molecule has 0 aliphatic carbocycles. The fraction of sp³-hybridized carbons (Fsp3) is 0.579. The highest BCUT2D eigenvalue weighted by atomic mass is 19.1. The molecule has 0 radical (unpaired) electrons. The van der Waals surface area contributed by atoms with Gasteiger partial charge in [-0.2, -0.15) is 0 Å². The van der Waals surface area contributed by atoms with Crippen LogP contribution in [0.3, 0.4) is 0 Å². The number of phenols is 1. The number of aromatic hydroxyl groups is 1. The highest BCUT2D eigenvalue weighted by molar-refractivity contribution is 5.87. The largest absolute Gasteiger partial charge is 0.508 e. The zero-order valence-electron chi connectivity index (χ0n) is 15.6. The molecule has 6 nitrogen and oxygen atoms in total. The Morgan fingerprint density at radius 1 is 1.27 bits per heavy atom. The van der Waals surface area contributed by atoms with Crippen LogP contribution in [0.1, 0.15) is 45.6 Å². The molecule has 1 aliphatic heterocycles. The van der Waals surface area contributed by atoms with E-state index in [9.17, 15) is 24.2 Å². The molecular formula is C19H27FN2O4. The zero-order chi connectivity index (χ0) is 19.6. The van der Waals surface area contributed by atoms with Crippen LogP contribution in [0.15, 0.2) is 24.3 Å². The van der Waals surface area contributed by atoms with Gasteiger partial charge in [-0.1, -0.05) is 19.1 Å². The molecule has 1 heterocycles. The molecule has 2 N–H and O–H groups in total. The molecule has 0 unspecified atom stereocenters. The van der Waals surface area contributed by atoms with Crippen LogP contribution in [-0.4, -0.2) is 62.9 Å². The number of benzene rings is 1. The summed E-state index contributed by atoms with van der Waals surface area (Å²) in [6.07, 6.45) is -2.00. The first-order valence-electron chi connectivity index (χ1n) is 8.76. The second-order valence-electron chi connectivity index (χ2n) is 7.82. The topological polar surface area (TPSA) is 81.1 Å². The maximum absolute atomic E-state index is 13.6. The predicted octanol–water partition coefficient (Wildman–Crippen LogP) is 3.21. The number of halogens is 1. The first-order valence-corrected chi connectivity index (χ1v) is 8.76. The van der Waals surface area contributed by atoms with Gasteiger partial charge in [-0.15, -0.1) is 0 Å². The van der Waals surface area contributed by atoms with Gasteiger partial charge in [-0.25, -0.2) is 9.18 Å². The maximum atomic E-state index is 13.6. The van der Waals surface area contributed by atoms with Gasteiger partial charge in [0.15, 0.2) is 0 Å². The lowest BCUT2D eigenvalue weighted by Gasteiger charge is -2.42. The summed E-state index contributed by atoms with van der Waals surface area (Å²) in [6.45, 7) is 7.25. The van der Waals surface area contributed by atoms with Gasteiger partial charge in [0, 0.05) is 18.0 Å². The summed E-state index contributed by atoms with van der Waals surface area (Å²) in [5.74, 6) is -0.755. The number of hydrogen-bond donors (Lipinski definition) is 2. The van der Waals surface area contributed by atoms with E-state index in [4.69, 9.17) is 0 Å². The van der Waals surface area contributed by atoms with E-state index >= 15 is 0 Å². The Morgan fingerprint density at radius 2 is 1.85 bits per heavy atom. The minimum Gasteiger partial charge on any atom is -0.508 e. The number of alkyl halides is 1. The molecule has 2 amide bonds. The van der Waals surface area contributed by atoms with Crippen molar-refractivity contribution in [1.82, 2.24) is 9.80 Å². The number of nitrogens with zero attached hydrogens (tertiary/aromatic N) is 2. The van der Waals surface area contributed by atoms with Crippen LogP contribution >= 0.6 is 0 Å². The normalized spacial score (nSPS) is 19.9. The fourth-order valence-electron chi connectivity index (χ4n) is 3.44. The van der Waals surface area contributed by atoms with Crippen molar-refractivity contribution in [2.75, 3.05) is 13.1 Å². The van der Waals surface area contributed by atoms with Gasteiger partial charge >= 0.3 is 6.09 Å². The predicted molar refractivity (Wildman–Crippen MR) is 96.0 cm³/mol. The van der Waals surface area contributed by atoms with Crippen molar-refractivity contribution in [3.05, 3.63) is 29.8 Å². The molecule has 3 atom stereocenters. The van der Waals surface area contributed by atoms with Crippen molar-refractivity contribution in [1.29, 1.82) is 0 Å². The molecule has 1 aromatic rings. The first-order chi connectivity index (χ1) is 12.0. The van der Waals surface area contributed by atoms with Crippen LogP contribution in [0.2, 0.25) is 0 Å². The summed E-state index contributed by atoms with van der Waals surface area (Å²) < 4.78 is 13.6. The van der Waals surface area contributed by atoms with Gasteiger partial charge in [0.25, 0.3) is 0 Å². The van der Waals surface area contributed by atoms with Gasteiger partial charge in [-0.3, -0.25) is 9.69 Å². The van der Waals surface area contributed by atoms with Crippen LogP contribution < -0.4 is 0 Å². The van der Waals surface area contributed by atoms with Crippen LogP contribution in [-0.2, 0) is 4.79 Å². The summed E-state index contributed by atoms with van der Waals surface area (Å²) in [7, 11) is 0. The lowest BCUT2D eigenvalue weighted by atomic mass is 9.88. The zero-order valence-corrected chi connectivity index (χ0v) is 15.6. The number of carbonyl (C=O) groups is 2. The molecule has 26 heavy (non-hydrogen) atoms. The number of likely N-dealkylation sites (tertiary alicyclic amines) is 1. The number of hydrogen-bond acceptors (Lipinski definition) is 3. The van der Waals surface area contributed by atoms with Crippen LogP contribution in [0.25, 0.3) is 0 Å². The summed E-state index contributed by atoms with van der Waals surface area (Å²) in [5, 5.41) is 19.3. The molecule has 1 aromatic carbocycles. The Labute approximate surface area is 153 Å². The maximum Gasteiger partial charge on any atom is 0.408 e. The van der Waals surface area contributed by atoms with Crippen molar-refractivity contribution in [2.24, 2.45) is 0 Å². The Hall–Kier alpha value is -2.31. The van der Waals surface area contributed by atoms with Gasteiger partial charge in [0.05, 0.1) is 6.54 Å². The van der Waals surface area contributed by atoms with Crippen molar-refractivity contribution in [2.45, 2.75) is 57.8 Å². The van der Waals surface area contributed by atoms with Gasteiger partial charge in [-0.05, 0) is 44.9 Å². The second kappa shape index (κ2) is 7.51. The average Bonchev–Trinajstić information content (AvgIpc) is 2.97. The number of carbonyl (C=O) groups excluding carboxylic acids is 1. The smallest absolute Gasteiger partial charge is 0.408 e. The molecule has 0 saturated carbocycles. The number of carboxylic acid groups (broad SMARTS) is 1. The third-order valence-electron chi connectivity index (χ3n) is 4.79. The average molecular weight is 366 g/mol. The van der Waals surface area contributed by atoms with E-state index in [-0.39, 0.29) is 31.2 Å². The van der Waals surface area contributed by atoms with Crippen molar-refractivity contribution in [3.8, 4) is 5.75 Å². The van der Waals surface area contributed by atoms with E-state index < -0.39 is 29.8 Å². The molecule has 2 rings (SSSR count). The van der Waals surface area contributed by atoms with Gasteiger partial charge in [0.2, 0.25) is 5.91 Å². The number of phenolic OH excluding ortho intramolecular Hbond substituents is 1. The molecule has 7 heteroatoms. The minimum atomic E-state index is -1.20. The lowest BCUT2D eigenvalue weighted by Crippen LogP contribution is -2.59. The highest BCUT2D eigenvalue weighted by Crippen LogP contribution is 2.31. The van der Waals surface area contributed by atoms with E-state index in [1.54, 1.807) is 39.8 Å². The molecule has 144 valence electrons. The summed E-state index contributed by atoms with van der Waals surface area (Å²) in [4.78, 5) is 27.7. The minimum absolute atomic E-state index is 0.00473. The van der Waals surface area contributed by atoms with Crippen molar-refractivity contribution in [3.63, 3.8) is 0 Å². The summed E-state index contributed by atoms with van der Waals surface area (Å²) in [6, 6.07) is 5.37. The van der Waals surface area contributed by atoms with Crippen LogP contribution in [0.5, 0.6) is 5.75 Å². The van der Waals surface area contributed by atoms with E-state index in [1.165, 1.54) is 17.0 Å². The second-order valence-corrected chi connectivity index (χ2v) is 7.82. The van der Waals surface area contributed by atoms with E-state index in [1.807, 2.05) is 0 Å². The third-order valence-corrected chi connectivity index (χ3v) is 4.79. The molecule has 1 aliphatic rings. The van der Waals surface area contributed by atoms with Crippen LogP contribution in [0.4, 0.5) is 9.18 Å². The lowest BCUT2D eigenvalue weighted by molar-refractivity contribution is -0.138. The monoisotopic (exact) mass is 366 g/mol. The Bertz CT molecular complexity index is 656. The van der Waals surface area contributed by atoms with Crippen molar-refractivity contribution < 1.29 is 24.2 Å². The standard InChI is InChI=1S/C19H27FN2O4/c1-12(13-5-7-15(23)8-6-13)16(22(18(25)26)19(2,3)4)17(24)21-10-9-14(20)11-21/h5-8,12,14,16,23H,9-11H2,1-4H3,(H,25,26)/t12-,14-,16-/m0/s1. The third kappa shape index (κ3) is 4.26. The molecule has 0 spiro atoms.